The molecule has 0 aromatic carbocycles. The van der Waals surface area contributed by atoms with Gasteiger partial charge in [-0.15, -0.1) is 5.06 Å². The molecule has 0 aliphatic heterocycles. The number of amides is 1. The third kappa shape index (κ3) is 7.74. The van der Waals surface area contributed by atoms with E-state index in [4.69, 9.17) is 0 Å². The molecule has 25 heavy (non-hydrogen) atoms. The number of aliphatic carboxylic acids is 1. The average molecular weight is 381 g/mol. The topological polar surface area (TPSA) is 146 Å². The SMILES string of the molecule is COC(=O)N(OC(C)=O)[C@@H](C(=O)O)C(C)(C)SC(=O)OCOC(C)=O. The van der Waals surface area contributed by atoms with Crippen LogP contribution in [-0.4, -0.2) is 64.2 Å². The number of hydrogen-bond acceptors (Lipinski definition) is 10. The summed E-state index contributed by atoms with van der Waals surface area (Å²) in [5, 5.41) is 8.67. The van der Waals surface area contributed by atoms with Crippen molar-refractivity contribution in [3.05, 3.63) is 0 Å². The molecule has 12 heteroatoms. The van der Waals surface area contributed by atoms with E-state index in [1.807, 2.05) is 0 Å². The Labute approximate surface area is 147 Å². The largest absolute Gasteiger partial charge is 0.480 e. The van der Waals surface area contributed by atoms with Crippen LogP contribution >= 0.6 is 11.8 Å². The number of thioether (sulfide) groups is 1. The maximum Gasteiger partial charge on any atom is 0.443 e. The third-order valence-electron chi connectivity index (χ3n) is 2.49. The summed E-state index contributed by atoms with van der Waals surface area (Å²) in [7, 11) is 0.964. The summed E-state index contributed by atoms with van der Waals surface area (Å²) in [5.41, 5.74) is 0. The van der Waals surface area contributed by atoms with Crippen LogP contribution in [0.1, 0.15) is 27.7 Å². The van der Waals surface area contributed by atoms with Gasteiger partial charge >= 0.3 is 29.3 Å². The molecule has 1 atom stereocenters. The maximum atomic E-state index is 11.8. The molecule has 0 saturated heterocycles. The summed E-state index contributed by atoms with van der Waals surface area (Å²) < 4.78 is 11.9. The number of carbonyl (C=O) groups excluding carboxylic acids is 4. The van der Waals surface area contributed by atoms with Crippen molar-refractivity contribution >= 4 is 41.1 Å². The van der Waals surface area contributed by atoms with Crippen molar-refractivity contribution < 1.29 is 48.1 Å². The Morgan fingerprint density at radius 2 is 1.64 bits per heavy atom. The summed E-state index contributed by atoms with van der Waals surface area (Å²) in [4.78, 5) is 61.5. The van der Waals surface area contributed by atoms with Crippen molar-refractivity contribution in [1.82, 2.24) is 5.06 Å². The van der Waals surface area contributed by atoms with Gasteiger partial charge in [-0.3, -0.25) is 9.59 Å². The molecular weight excluding hydrogens is 362 g/mol. The summed E-state index contributed by atoms with van der Waals surface area (Å²) in [6.07, 6.45) is -1.25. The van der Waals surface area contributed by atoms with Crippen LogP contribution in [0.15, 0.2) is 0 Å². The number of ether oxygens (including phenoxy) is 3. The van der Waals surface area contributed by atoms with Gasteiger partial charge < -0.3 is 24.2 Å². The molecule has 0 radical (unpaired) electrons. The quantitative estimate of drug-likeness (QED) is 0.401. The van der Waals surface area contributed by atoms with Crippen molar-refractivity contribution in [3.8, 4) is 0 Å². The average Bonchev–Trinajstić information content (AvgIpc) is 2.43. The van der Waals surface area contributed by atoms with Gasteiger partial charge in [0.1, 0.15) is 0 Å². The zero-order valence-electron chi connectivity index (χ0n) is 14.3. The molecule has 1 amide bonds. The van der Waals surface area contributed by atoms with Crippen molar-refractivity contribution in [2.24, 2.45) is 0 Å². The minimum atomic E-state index is -1.78. The normalized spacial score (nSPS) is 11.7. The van der Waals surface area contributed by atoms with E-state index in [9.17, 15) is 29.1 Å². The van der Waals surface area contributed by atoms with Crippen molar-refractivity contribution in [3.63, 3.8) is 0 Å². The lowest BCUT2D eigenvalue weighted by Gasteiger charge is -2.35. The van der Waals surface area contributed by atoms with Gasteiger partial charge in [0.2, 0.25) is 6.79 Å². The Kier molecular flexibility index (Phi) is 8.74. The molecule has 11 nitrogen and oxygen atoms in total. The number of hydroxylamine groups is 2. The monoisotopic (exact) mass is 381 g/mol. The molecule has 0 rings (SSSR count). The fraction of sp³-hybridized carbons (Fsp3) is 0.615. The van der Waals surface area contributed by atoms with Crippen LogP contribution in [0.5, 0.6) is 0 Å². The van der Waals surface area contributed by atoms with Crippen LogP contribution in [-0.2, 0) is 33.4 Å². The van der Waals surface area contributed by atoms with Crippen molar-refractivity contribution in [2.45, 2.75) is 38.5 Å². The molecule has 0 aliphatic rings. The molecule has 0 unspecified atom stereocenters. The molecule has 0 aromatic rings. The highest BCUT2D eigenvalue weighted by molar-refractivity contribution is 8.14. The van der Waals surface area contributed by atoms with Crippen LogP contribution < -0.4 is 0 Å². The number of methoxy groups -OCH3 is 1. The van der Waals surface area contributed by atoms with Gasteiger partial charge in [-0.2, -0.15) is 0 Å². The molecule has 0 spiro atoms. The Balaban J connectivity index is 5.33. The fourth-order valence-electron chi connectivity index (χ4n) is 1.56. The first-order chi connectivity index (χ1) is 11.4. The smallest absolute Gasteiger partial charge is 0.443 e. The molecule has 0 fully saturated rings. The van der Waals surface area contributed by atoms with Crippen LogP contribution in [0, 0.1) is 0 Å². The highest BCUT2D eigenvalue weighted by atomic mass is 32.2. The van der Waals surface area contributed by atoms with E-state index in [0.717, 1.165) is 21.0 Å². The zero-order valence-corrected chi connectivity index (χ0v) is 15.1. The van der Waals surface area contributed by atoms with E-state index in [2.05, 4.69) is 19.0 Å². The summed E-state index contributed by atoms with van der Waals surface area (Å²) in [5.74, 6) is -3.20. The van der Waals surface area contributed by atoms with Crippen molar-refractivity contribution in [1.29, 1.82) is 0 Å². The van der Waals surface area contributed by atoms with Gasteiger partial charge in [-0.05, 0) is 25.6 Å². The lowest BCUT2D eigenvalue weighted by molar-refractivity contribution is -0.195. The number of hydrogen-bond donors (Lipinski definition) is 1. The Bertz CT molecular complexity index is 547. The van der Waals surface area contributed by atoms with E-state index >= 15 is 0 Å². The molecule has 0 heterocycles. The third-order valence-corrected chi connectivity index (χ3v) is 3.53. The predicted octanol–water partition coefficient (Wildman–Crippen LogP) is 1.16. The van der Waals surface area contributed by atoms with Gasteiger partial charge in [0.05, 0.1) is 11.9 Å². The molecule has 0 aliphatic carbocycles. The second-order valence-electron chi connectivity index (χ2n) is 4.97. The van der Waals surface area contributed by atoms with E-state index in [0.29, 0.717) is 11.8 Å². The molecule has 0 bridgehead atoms. The number of carbonyl (C=O) groups is 5. The number of nitrogens with zero attached hydrogens (tertiary/aromatic N) is 1. The molecule has 0 saturated carbocycles. The molecule has 1 N–H and O–H groups in total. The van der Waals surface area contributed by atoms with Crippen LogP contribution in [0.4, 0.5) is 9.59 Å². The highest BCUT2D eigenvalue weighted by Crippen LogP contribution is 2.33. The zero-order chi connectivity index (χ0) is 19.8. The summed E-state index contributed by atoms with van der Waals surface area (Å²) in [6, 6.07) is -1.78. The molecule has 142 valence electrons. The minimum absolute atomic E-state index is 0.219. The molecular formula is C13H19NO10S. The molecule has 0 aromatic heterocycles. The van der Waals surface area contributed by atoms with Gasteiger partial charge in [-0.25, -0.2) is 14.4 Å². The van der Waals surface area contributed by atoms with Gasteiger partial charge in [0.25, 0.3) is 0 Å². The predicted molar refractivity (Wildman–Crippen MR) is 82.2 cm³/mol. The lowest BCUT2D eigenvalue weighted by atomic mass is 10.0. The number of carboxylic acid groups (broad SMARTS) is 1. The highest BCUT2D eigenvalue weighted by Gasteiger charge is 2.47. The van der Waals surface area contributed by atoms with Crippen LogP contribution in [0.3, 0.4) is 0 Å². The van der Waals surface area contributed by atoms with Gasteiger partial charge in [0.15, 0.2) is 6.04 Å². The fourth-order valence-corrected chi connectivity index (χ4v) is 2.41. The van der Waals surface area contributed by atoms with Gasteiger partial charge in [0, 0.05) is 13.8 Å². The maximum absolute atomic E-state index is 11.8. The van der Waals surface area contributed by atoms with Crippen molar-refractivity contribution in [2.75, 3.05) is 13.9 Å². The van der Waals surface area contributed by atoms with Crippen LogP contribution in [0.25, 0.3) is 0 Å². The first-order valence-corrected chi connectivity index (χ1v) is 7.51. The Morgan fingerprint density at radius 3 is 2.04 bits per heavy atom. The standard InChI is InChI=1S/C13H19NO10S/c1-7(15)22-6-23-12(20)25-13(3,4)9(10(17)18)14(11(19)21-5)24-8(2)16/h9H,6H2,1-5H3,(H,17,18)/t9-/m0/s1. The first kappa shape index (κ1) is 22.5. The lowest BCUT2D eigenvalue weighted by Crippen LogP contribution is -2.55. The summed E-state index contributed by atoms with van der Waals surface area (Å²) >= 11 is 0.399. The van der Waals surface area contributed by atoms with E-state index < -0.39 is 46.9 Å². The van der Waals surface area contributed by atoms with Crippen LogP contribution in [0.2, 0.25) is 0 Å². The second kappa shape index (κ2) is 9.71. The second-order valence-corrected chi connectivity index (χ2v) is 6.56. The van der Waals surface area contributed by atoms with Gasteiger partial charge in [-0.1, -0.05) is 0 Å². The first-order valence-electron chi connectivity index (χ1n) is 6.70. The summed E-state index contributed by atoms with van der Waals surface area (Å²) in [6.45, 7) is 4.03. The van der Waals surface area contributed by atoms with E-state index in [-0.39, 0.29) is 5.06 Å². The minimum Gasteiger partial charge on any atom is -0.480 e. The number of rotatable bonds is 6. The Morgan fingerprint density at radius 1 is 1.08 bits per heavy atom. The number of carboxylic acids is 1. The van der Waals surface area contributed by atoms with E-state index in [1.165, 1.54) is 13.8 Å². The Hall–Kier alpha value is -2.50. The van der Waals surface area contributed by atoms with E-state index in [1.54, 1.807) is 0 Å². The number of esters is 1.